The van der Waals surface area contributed by atoms with E-state index in [2.05, 4.69) is 11.4 Å². The monoisotopic (exact) mass is 258 g/mol. The van der Waals surface area contributed by atoms with E-state index in [9.17, 15) is 4.79 Å². The maximum atomic E-state index is 12.1. The van der Waals surface area contributed by atoms with Crippen LogP contribution in [-0.4, -0.2) is 19.0 Å². The molecule has 0 radical (unpaired) electrons. The van der Waals surface area contributed by atoms with Crippen LogP contribution in [0.15, 0.2) is 42.0 Å². The summed E-state index contributed by atoms with van der Waals surface area (Å²) >= 11 is 0. The molecule has 0 spiro atoms. The molecule has 3 heteroatoms. The summed E-state index contributed by atoms with van der Waals surface area (Å²) in [5.41, 5.74) is 8.19. The molecule has 1 aromatic carbocycles. The SMILES string of the molecule is NCC(C(=O)NCCC1=CCCC1)c1ccccc1. The molecule has 3 nitrogen and oxygen atoms in total. The minimum atomic E-state index is -0.237. The summed E-state index contributed by atoms with van der Waals surface area (Å²) in [6, 6.07) is 9.73. The molecule has 102 valence electrons. The maximum absolute atomic E-state index is 12.1. The second-order valence-electron chi connectivity index (χ2n) is 4.99. The van der Waals surface area contributed by atoms with E-state index in [1.54, 1.807) is 0 Å². The highest BCUT2D eigenvalue weighted by atomic mass is 16.1. The number of nitrogens with two attached hydrogens (primary N) is 1. The van der Waals surface area contributed by atoms with E-state index in [0.717, 1.165) is 12.0 Å². The molecule has 1 aliphatic rings. The van der Waals surface area contributed by atoms with Gasteiger partial charge in [0.25, 0.3) is 0 Å². The Labute approximate surface area is 114 Å². The zero-order valence-electron chi connectivity index (χ0n) is 11.3. The third-order valence-electron chi connectivity index (χ3n) is 3.63. The quantitative estimate of drug-likeness (QED) is 0.770. The third-order valence-corrected chi connectivity index (χ3v) is 3.63. The molecule has 2 rings (SSSR count). The van der Waals surface area contributed by atoms with Crippen molar-refractivity contribution in [3.63, 3.8) is 0 Å². The summed E-state index contributed by atoms with van der Waals surface area (Å²) in [6.07, 6.45) is 6.91. The number of benzene rings is 1. The van der Waals surface area contributed by atoms with Crippen molar-refractivity contribution in [3.8, 4) is 0 Å². The van der Waals surface area contributed by atoms with Gasteiger partial charge >= 0.3 is 0 Å². The Morgan fingerprint density at radius 3 is 2.74 bits per heavy atom. The molecule has 19 heavy (non-hydrogen) atoms. The van der Waals surface area contributed by atoms with Crippen LogP contribution >= 0.6 is 0 Å². The van der Waals surface area contributed by atoms with Gasteiger partial charge in [-0.3, -0.25) is 4.79 Å². The first kappa shape index (κ1) is 13.8. The smallest absolute Gasteiger partial charge is 0.228 e. The average Bonchev–Trinajstić information content (AvgIpc) is 2.94. The molecule has 1 atom stereocenters. The molecule has 0 aromatic heterocycles. The van der Waals surface area contributed by atoms with Crippen molar-refractivity contribution in [1.29, 1.82) is 0 Å². The molecular weight excluding hydrogens is 236 g/mol. The molecule has 1 aliphatic carbocycles. The number of hydrogen-bond donors (Lipinski definition) is 2. The van der Waals surface area contributed by atoms with Gasteiger partial charge in [0.05, 0.1) is 5.92 Å². The molecule has 0 saturated carbocycles. The lowest BCUT2D eigenvalue weighted by Gasteiger charge is -2.15. The molecule has 0 fully saturated rings. The van der Waals surface area contributed by atoms with Gasteiger partial charge in [-0.05, 0) is 31.2 Å². The summed E-state index contributed by atoms with van der Waals surface area (Å²) in [5.74, 6) is -0.203. The van der Waals surface area contributed by atoms with Crippen molar-refractivity contribution in [1.82, 2.24) is 5.32 Å². The van der Waals surface area contributed by atoms with Crippen molar-refractivity contribution < 1.29 is 4.79 Å². The van der Waals surface area contributed by atoms with Gasteiger partial charge in [0, 0.05) is 13.1 Å². The van der Waals surface area contributed by atoms with Gasteiger partial charge < -0.3 is 11.1 Å². The van der Waals surface area contributed by atoms with Gasteiger partial charge in [-0.1, -0.05) is 42.0 Å². The number of rotatable bonds is 6. The van der Waals surface area contributed by atoms with E-state index in [4.69, 9.17) is 5.73 Å². The second kappa shape index (κ2) is 7.10. The van der Waals surface area contributed by atoms with E-state index in [-0.39, 0.29) is 11.8 Å². The summed E-state index contributed by atoms with van der Waals surface area (Å²) in [5, 5.41) is 3.00. The first-order valence-electron chi connectivity index (χ1n) is 7.02. The van der Waals surface area contributed by atoms with Gasteiger partial charge in [0.1, 0.15) is 0 Å². The van der Waals surface area contributed by atoms with E-state index in [0.29, 0.717) is 13.1 Å². The van der Waals surface area contributed by atoms with E-state index >= 15 is 0 Å². The Bertz CT molecular complexity index is 439. The Morgan fingerprint density at radius 1 is 1.32 bits per heavy atom. The van der Waals surface area contributed by atoms with Crippen molar-refractivity contribution >= 4 is 5.91 Å². The summed E-state index contributed by atoms with van der Waals surface area (Å²) < 4.78 is 0. The predicted octanol–water partition coefficient (Wildman–Crippen LogP) is 2.35. The fraction of sp³-hybridized carbons (Fsp3) is 0.438. The lowest BCUT2D eigenvalue weighted by Crippen LogP contribution is -2.34. The number of nitrogens with one attached hydrogen (secondary N) is 1. The highest BCUT2D eigenvalue weighted by Crippen LogP contribution is 2.20. The van der Waals surface area contributed by atoms with Crippen molar-refractivity contribution in [2.75, 3.05) is 13.1 Å². The number of amides is 1. The highest BCUT2D eigenvalue weighted by Gasteiger charge is 2.18. The first-order valence-corrected chi connectivity index (χ1v) is 7.02. The molecule has 0 heterocycles. The molecule has 0 saturated heterocycles. The lowest BCUT2D eigenvalue weighted by atomic mass is 9.98. The second-order valence-corrected chi connectivity index (χ2v) is 4.99. The van der Waals surface area contributed by atoms with Crippen molar-refractivity contribution in [2.45, 2.75) is 31.6 Å². The number of hydrogen-bond acceptors (Lipinski definition) is 2. The topological polar surface area (TPSA) is 55.1 Å². The van der Waals surface area contributed by atoms with Crippen LogP contribution in [0.1, 0.15) is 37.2 Å². The van der Waals surface area contributed by atoms with Crippen LogP contribution in [0.3, 0.4) is 0 Å². The number of carbonyl (C=O) groups excluding carboxylic acids is 1. The van der Waals surface area contributed by atoms with E-state index < -0.39 is 0 Å². The van der Waals surface area contributed by atoms with Crippen LogP contribution in [0, 0.1) is 0 Å². The Hall–Kier alpha value is -1.61. The lowest BCUT2D eigenvalue weighted by molar-refractivity contribution is -0.122. The largest absolute Gasteiger partial charge is 0.355 e. The average molecular weight is 258 g/mol. The van der Waals surface area contributed by atoms with E-state index in [1.807, 2.05) is 30.3 Å². The van der Waals surface area contributed by atoms with Crippen LogP contribution in [-0.2, 0) is 4.79 Å². The zero-order chi connectivity index (χ0) is 13.5. The predicted molar refractivity (Wildman–Crippen MR) is 77.8 cm³/mol. The fourth-order valence-electron chi connectivity index (χ4n) is 2.51. The maximum Gasteiger partial charge on any atom is 0.228 e. The Balaban J connectivity index is 1.83. The molecular formula is C16H22N2O. The molecule has 1 unspecified atom stereocenters. The first-order chi connectivity index (χ1) is 9.31. The van der Waals surface area contributed by atoms with Crippen LogP contribution in [0.2, 0.25) is 0 Å². The molecule has 1 aromatic rings. The van der Waals surface area contributed by atoms with Gasteiger partial charge in [-0.2, -0.15) is 0 Å². The fourth-order valence-corrected chi connectivity index (χ4v) is 2.51. The van der Waals surface area contributed by atoms with Gasteiger partial charge in [-0.15, -0.1) is 0 Å². The zero-order valence-corrected chi connectivity index (χ0v) is 11.3. The summed E-state index contributed by atoms with van der Waals surface area (Å²) in [7, 11) is 0. The van der Waals surface area contributed by atoms with Crippen LogP contribution in [0.25, 0.3) is 0 Å². The molecule has 0 bridgehead atoms. The normalized spacial score (nSPS) is 15.9. The molecule has 1 amide bonds. The highest BCUT2D eigenvalue weighted by molar-refractivity contribution is 5.83. The van der Waals surface area contributed by atoms with Gasteiger partial charge in [-0.25, -0.2) is 0 Å². The number of carbonyl (C=O) groups is 1. The molecule has 0 aliphatic heterocycles. The van der Waals surface area contributed by atoms with Crippen molar-refractivity contribution in [3.05, 3.63) is 47.5 Å². The van der Waals surface area contributed by atoms with Crippen LogP contribution in [0.5, 0.6) is 0 Å². The van der Waals surface area contributed by atoms with Gasteiger partial charge in [0.15, 0.2) is 0 Å². The van der Waals surface area contributed by atoms with Crippen LogP contribution < -0.4 is 11.1 Å². The molecule has 3 N–H and O–H groups in total. The third kappa shape index (κ3) is 3.93. The van der Waals surface area contributed by atoms with Crippen LogP contribution in [0.4, 0.5) is 0 Å². The minimum absolute atomic E-state index is 0.0345. The summed E-state index contributed by atoms with van der Waals surface area (Å²) in [4.78, 5) is 12.1. The standard InChI is InChI=1S/C16H22N2O/c17-12-15(14-8-2-1-3-9-14)16(19)18-11-10-13-6-4-5-7-13/h1-3,6,8-9,15H,4-5,7,10-12,17H2,(H,18,19). The Morgan fingerprint density at radius 2 is 2.11 bits per heavy atom. The van der Waals surface area contributed by atoms with Gasteiger partial charge in [0.2, 0.25) is 5.91 Å². The Kier molecular flexibility index (Phi) is 5.16. The number of allylic oxidation sites excluding steroid dienone is 1. The van der Waals surface area contributed by atoms with Crippen molar-refractivity contribution in [2.24, 2.45) is 5.73 Å². The van der Waals surface area contributed by atoms with E-state index in [1.165, 1.54) is 24.8 Å². The summed E-state index contributed by atoms with van der Waals surface area (Å²) in [6.45, 7) is 1.06. The minimum Gasteiger partial charge on any atom is -0.355 e.